The van der Waals surface area contributed by atoms with Gasteiger partial charge in [0.1, 0.15) is 11.6 Å². The molecule has 0 spiro atoms. The maximum Gasteiger partial charge on any atom is 0.306 e. The van der Waals surface area contributed by atoms with Gasteiger partial charge in [-0.15, -0.1) is 0 Å². The quantitative estimate of drug-likeness (QED) is 0.736. The van der Waals surface area contributed by atoms with Crippen LogP contribution in [0.15, 0.2) is 47.1 Å². The van der Waals surface area contributed by atoms with Crippen molar-refractivity contribution < 1.29 is 23.1 Å². The maximum atomic E-state index is 13.5. The first kappa shape index (κ1) is 16.7. The first-order valence-corrected chi connectivity index (χ1v) is 7.21. The molecule has 0 radical (unpaired) electrons. The van der Waals surface area contributed by atoms with Crippen LogP contribution >= 0.6 is 0 Å². The summed E-state index contributed by atoms with van der Waals surface area (Å²) in [4.78, 5) is 24.8. The van der Waals surface area contributed by atoms with Crippen LogP contribution in [-0.4, -0.2) is 30.4 Å². The molecule has 0 saturated heterocycles. The van der Waals surface area contributed by atoms with Gasteiger partial charge in [-0.3, -0.25) is 9.59 Å². The molecule has 122 valence electrons. The summed E-state index contributed by atoms with van der Waals surface area (Å²) < 4.78 is 23.6. The van der Waals surface area contributed by atoms with Crippen molar-refractivity contribution in [3.8, 4) is 0 Å². The highest BCUT2D eigenvalue weighted by molar-refractivity contribution is 5.80. The topological polar surface area (TPSA) is 59.8 Å². The van der Waals surface area contributed by atoms with E-state index in [4.69, 9.17) is 9.15 Å². The van der Waals surface area contributed by atoms with Gasteiger partial charge in [0, 0.05) is 25.6 Å². The average Bonchev–Trinajstić information content (AvgIpc) is 3.06. The van der Waals surface area contributed by atoms with Crippen LogP contribution in [0, 0.1) is 5.82 Å². The average molecular weight is 319 g/mol. The largest absolute Gasteiger partial charge is 0.469 e. The lowest BCUT2D eigenvalue weighted by atomic mass is 10.2. The van der Waals surface area contributed by atoms with Crippen molar-refractivity contribution >= 4 is 11.9 Å². The summed E-state index contributed by atoms with van der Waals surface area (Å²) >= 11 is 0. The third kappa shape index (κ3) is 5.25. The van der Waals surface area contributed by atoms with Crippen LogP contribution in [0.1, 0.15) is 17.7 Å². The molecular weight excluding hydrogens is 301 g/mol. The van der Waals surface area contributed by atoms with Gasteiger partial charge in [-0.05, 0) is 18.2 Å². The predicted molar refractivity (Wildman–Crippen MR) is 80.9 cm³/mol. The van der Waals surface area contributed by atoms with Crippen LogP contribution in [0.5, 0.6) is 0 Å². The molecule has 0 aliphatic rings. The molecule has 0 aliphatic heterocycles. The van der Waals surface area contributed by atoms with E-state index in [9.17, 15) is 14.0 Å². The number of aryl methyl sites for hydroxylation is 1. The molecule has 0 atom stereocenters. The lowest BCUT2D eigenvalue weighted by Crippen LogP contribution is -2.31. The zero-order chi connectivity index (χ0) is 16.7. The molecule has 0 N–H and O–H groups in total. The molecule has 5 nitrogen and oxygen atoms in total. The van der Waals surface area contributed by atoms with Gasteiger partial charge in [0.15, 0.2) is 6.61 Å². The number of carbonyl (C=O) groups excluding carboxylic acids is 2. The van der Waals surface area contributed by atoms with Crippen molar-refractivity contribution in [1.29, 1.82) is 0 Å². The minimum absolute atomic E-state index is 0.120. The standard InChI is InChI=1S/C17H18FNO4/c1-19(11-13-5-2-3-7-15(13)18)16(20)12-23-17(21)9-8-14-6-4-10-22-14/h2-7,10H,8-9,11-12H2,1H3. The Morgan fingerprint density at radius 2 is 2.00 bits per heavy atom. The molecular formula is C17H18FNO4. The zero-order valence-electron chi connectivity index (χ0n) is 12.8. The van der Waals surface area contributed by atoms with Gasteiger partial charge >= 0.3 is 5.97 Å². The normalized spacial score (nSPS) is 10.3. The summed E-state index contributed by atoms with van der Waals surface area (Å²) in [7, 11) is 1.53. The van der Waals surface area contributed by atoms with Gasteiger partial charge in [0.25, 0.3) is 5.91 Å². The van der Waals surface area contributed by atoms with Crippen molar-refractivity contribution in [3.05, 3.63) is 59.8 Å². The minimum atomic E-state index is -0.478. The van der Waals surface area contributed by atoms with E-state index in [0.717, 1.165) is 0 Å². The Morgan fingerprint density at radius 1 is 1.22 bits per heavy atom. The second-order valence-electron chi connectivity index (χ2n) is 5.08. The SMILES string of the molecule is CN(Cc1ccccc1F)C(=O)COC(=O)CCc1ccco1. The lowest BCUT2D eigenvalue weighted by molar-refractivity contribution is -0.151. The Bertz CT molecular complexity index is 654. The second kappa shape index (κ2) is 8.12. The van der Waals surface area contributed by atoms with E-state index in [1.807, 2.05) is 0 Å². The summed E-state index contributed by atoms with van der Waals surface area (Å²) in [5, 5.41) is 0. The van der Waals surface area contributed by atoms with E-state index < -0.39 is 5.97 Å². The predicted octanol–water partition coefficient (Wildman–Crippen LogP) is 2.55. The first-order chi connectivity index (χ1) is 11.1. The summed E-state index contributed by atoms with van der Waals surface area (Å²) in [6, 6.07) is 9.73. The molecule has 0 fully saturated rings. The Balaban J connectivity index is 1.73. The molecule has 1 aromatic carbocycles. The molecule has 0 bridgehead atoms. The van der Waals surface area contributed by atoms with E-state index in [1.165, 1.54) is 24.3 Å². The van der Waals surface area contributed by atoms with Crippen LogP contribution in [0.25, 0.3) is 0 Å². The van der Waals surface area contributed by atoms with Gasteiger partial charge in [-0.2, -0.15) is 0 Å². The maximum absolute atomic E-state index is 13.5. The number of halogens is 1. The fourth-order valence-corrected chi connectivity index (χ4v) is 1.98. The van der Waals surface area contributed by atoms with Crippen LogP contribution in [0.2, 0.25) is 0 Å². The Labute approximate surface area is 133 Å². The van der Waals surface area contributed by atoms with E-state index in [1.54, 1.807) is 30.3 Å². The molecule has 2 rings (SSSR count). The van der Waals surface area contributed by atoms with Gasteiger partial charge < -0.3 is 14.1 Å². The molecule has 2 aromatic rings. The summed E-state index contributed by atoms with van der Waals surface area (Å²) in [5.41, 5.74) is 0.410. The molecule has 23 heavy (non-hydrogen) atoms. The lowest BCUT2D eigenvalue weighted by Gasteiger charge is -2.17. The summed E-state index contributed by atoms with van der Waals surface area (Å²) in [5.74, 6) is -0.554. The molecule has 1 heterocycles. The van der Waals surface area contributed by atoms with Gasteiger partial charge in [-0.1, -0.05) is 18.2 Å². The Morgan fingerprint density at radius 3 is 2.70 bits per heavy atom. The fourth-order valence-electron chi connectivity index (χ4n) is 1.98. The van der Waals surface area contributed by atoms with Crippen molar-refractivity contribution in [1.82, 2.24) is 4.90 Å². The van der Waals surface area contributed by atoms with E-state index >= 15 is 0 Å². The number of likely N-dealkylation sites (N-methyl/N-ethyl adjacent to an activating group) is 1. The molecule has 0 saturated carbocycles. The number of amides is 1. The van der Waals surface area contributed by atoms with Crippen LogP contribution in [0.3, 0.4) is 0 Å². The summed E-state index contributed by atoms with van der Waals surface area (Å²) in [6.45, 7) is -0.239. The van der Waals surface area contributed by atoms with Gasteiger partial charge in [0.05, 0.1) is 12.7 Å². The Hall–Kier alpha value is -2.63. The zero-order valence-corrected chi connectivity index (χ0v) is 12.8. The van der Waals surface area contributed by atoms with Crippen molar-refractivity contribution in [2.24, 2.45) is 0 Å². The fraction of sp³-hybridized carbons (Fsp3) is 0.294. The molecule has 0 unspecified atom stereocenters. The van der Waals surface area contributed by atoms with Gasteiger partial charge in [-0.25, -0.2) is 4.39 Å². The third-order valence-corrected chi connectivity index (χ3v) is 3.30. The van der Waals surface area contributed by atoms with Crippen molar-refractivity contribution in [2.75, 3.05) is 13.7 Å². The monoisotopic (exact) mass is 319 g/mol. The molecule has 1 aromatic heterocycles. The Kier molecular flexibility index (Phi) is 5.91. The van der Waals surface area contributed by atoms with Crippen LogP contribution < -0.4 is 0 Å². The van der Waals surface area contributed by atoms with E-state index in [-0.39, 0.29) is 31.3 Å². The highest BCUT2D eigenvalue weighted by Gasteiger charge is 2.14. The van der Waals surface area contributed by atoms with Crippen LogP contribution in [0.4, 0.5) is 4.39 Å². The number of hydrogen-bond donors (Lipinski definition) is 0. The first-order valence-electron chi connectivity index (χ1n) is 7.21. The number of ether oxygens (including phenoxy) is 1. The smallest absolute Gasteiger partial charge is 0.306 e. The van der Waals surface area contributed by atoms with Crippen LogP contribution in [-0.2, 0) is 27.3 Å². The third-order valence-electron chi connectivity index (χ3n) is 3.30. The number of nitrogens with zero attached hydrogens (tertiary/aromatic N) is 1. The number of carbonyl (C=O) groups is 2. The van der Waals surface area contributed by atoms with E-state index in [0.29, 0.717) is 17.7 Å². The number of furan rings is 1. The highest BCUT2D eigenvalue weighted by atomic mass is 19.1. The number of hydrogen-bond acceptors (Lipinski definition) is 4. The molecule has 1 amide bonds. The number of esters is 1. The van der Waals surface area contributed by atoms with Gasteiger partial charge in [0.2, 0.25) is 0 Å². The molecule has 6 heteroatoms. The highest BCUT2D eigenvalue weighted by Crippen LogP contribution is 2.09. The van der Waals surface area contributed by atoms with Crippen molar-refractivity contribution in [3.63, 3.8) is 0 Å². The van der Waals surface area contributed by atoms with Crippen molar-refractivity contribution in [2.45, 2.75) is 19.4 Å². The number of benzene rings is 1. The minimum Gasteiger partial charge on any atom is -0.469 e. The van der Waals surface area contributed by atoms with E-state index in [2.05, 4.69) is 0 Å². The molecule has 0 aliphatic carbocycles. The summed E-state index contributed by atoms with van der Waals surface area (Å²) in [6.07, 6.45) is 2.09. The second-order valence-corrected chi connectivity index (χ2v) is 5.08. The number of rotatable bonds is 7.